The highest BCUT2D eigenvalue weighted by atomic mass is 15.3. The summed E-state index contributed by atoms with van der Waals surface area (Å²) in [5.41, 5.74) is 7.76. The van der Waals surface area contributed by atoms with E-state index in [2.05, 4.69) is 62.8 Å². The van der Waals surface area contributed by atoms with Crippen LogP contribution >= 0.6 is 0 Å². The van der Waals surface area contributed by atoms with E-state index in [0.29, 0.717) is 0 Å². The Morgan fingerprint density at radius 3 is 2.52 bits per heavy atom. The van der Waals surface area contributed by atoms with Crippen molar-refractivity contribution in [2.75, 3.05) is 6.54 Å². The smallest absolute Gasteiger partial charge is 0.0662 e. The highest BCUT2D eigenvalue weighted by molar-refractivity contribution is 5.31. The van der Waals surface area contributed by atoms with Crippen LogP contribution in [0.1, 0.15) is 47.0 Å². The Bertz CT molecular complexity index is 611. The molecule has 0 aliphatic rings. The molecule has 1 heterocycles. The molecule has 0 spiro atoms. The summed E-state index contributed by atoms with van der Waals surface area (Å²) in [4.78, 5) is 0. The third-order valence-corrected chi connectivity index (χ3v) is 4.16. The van der Waals surface area contributed by atoms with Crippen molar-refractivity contribution in [1.82, 2.24) is 15.1 Å². The lowest BCUT2D eigenvalue weighted by Crippen LogP contribution is -2.15. The summed E-state index contributed by atoms with van der Waals surface area (Å²) in [5.74, 6) is 0. The summed E-state index contributed by atoms with van der Waals surface area (Å²) in [7, 11) is 0. The van der Waals surface area contributed by atoms with Crippen LogP contribution in [0.4, 0.5) is 0 Å². The van der Waals surface area contributed by atoms with Crippen molar-refractivity contribution < 1.29 is 0 Å². The number of benzene rings is 1. The van der Waals surface area contributed by atoms with E-state index in [-0.39, 0.29) is 0 Å². The van der Waals surface area contributed by atoms with E-state index in [1.165, 1.54) is 27.9 Å². The normalized spacial score (nSPS) is 11.1. The predicted molar refractivity (Wildman–Crippen MR) is 88.7 cm³/mol. The summed E-state index contributed by atoms with van der Waals surface area (Å²) in [6.45, 7) is 13.6. The molecule has 3 heteroatoms. The van der Waals surface area contributed by atoms with Gasteiger partial charge >= 0.3 is 0 Å². The van der Waals surface area contributed by atoms with Gasteiger partial charge in [0, 0.05) is 17.8 Å². The standard InChI is InChI=1S/C18H27N3/c1-6-9-19-11-18-15(4)20-21(16(18)5)12-17-8-7-13(2)14(3)10-17/h7-8,10,19H,6,9,11-12H2,1-5H3. The number of aryl methyl sites for hydroxylation is 3. The summed E-state index contributed by atoms with van der Waals surface area (Å²) in [6, 6.07) is 6.66. The van der Waals surface area contributed by atoms with Gasteiger partial charge in [-0.05, 0) is 57.4 Å². The lowest BCUT2D eigenvalue weighted by Gasteiger charge is -2.08. The van der Waals surface area contributed by atoms with Gasteiger partial charge in [-0.2, -0.15) is 5.10 Å². The molecular weight excluding hydrogens is 258 g/mol. The van der Waals surface area contributed by atoms with Gasteiger partial charge in [-0.15, -0.1) is 0 Å². The number of nitrogens with zero attached hydrogens (tertiary/aromatic N) is 2. The second-order valence-corrected chi connectivity index (χ2v) is 5.90. The van der Waals surface area contributed by atoms with Gasteiger partial charge in [-0.3, -0.25) is 4.68 Å². The maximum atomic E-state index is 4.71. The van der Waals surface area contributed by atoms with Gasteiger partial charge in [0.1, 0.15) is 0 Å². The summed E-state index contributed by atoms with van der Waals surface area (Å²) in [6.07, 6.45) is 1.16. The number of nitrogens with one attached hydrogen (secondary N) is 1. The van der Waals surface area contributed by atoms with E-state index < -0.39 is 0 Å². The van der Waals surface area contributed by atoms with Crippen LogP contribution in [0.25, 0.3) is 0 Å². The van der Waals surface area contributed by atoms with Gasteiger partial charge in [0.15, 0.2) is 0 Å². The van der Waals surface area contributed by atoms with E-state index in [1.807, 2.05) is 0 Å². The largest absolute Gasteiger partial charge is 0.313 e. The van der Waals surface area contributed by atoms with Gasteiger partial charge < -0.3 is 5.32 Å². The van der Waals surface area contributed by atoms with Gasteiger partial charge in [0.05, 0.1) is 12.2 Å². The van der Waals surface area contributed by atoms with Crippen LogP contribution in [0.2, 0.25) is 0 Å². The van der Waals surface area contributed by atoms with Crippen molar-refractivity contribution in [1.29, 1.82) is 0 Å². The maximum absolute atomic E-state index is 4.71. The highest BCUT2D eigenvalue weighted by Gasteiger charge is 2.11. The van der Waals surface area contributed by atoms with E-state index >= 15 is 0 Å². The fourth-order valence-corrected chi connectivity index (χ4v) is 2.61. The second-order valence-electron chi connectivity index (χ2n) is 5.90. The number of hydrogen-bond acceptors (Lipinski definition) is 2. The minimum atomic E-state index is 0.849. The van der Waals surface area contributed by atoms with Gasteiger partial charge in [0.25, 0.3) is 0 Å². The minimum Gasteiger partial charge on any atom is -0.313 e. The Hall–Kier alpha value is -1.61. The van der Waals surface area contributed by atoms with Crippen molar-refractivity contribution in [3.63, 3.8) is 0 Å². The van der Waals surface area contributed by atoms with Crippen molar-refractivity contribution >= 4 is 0 Å². The molecule has 0 atom stereocenters. The first-order valence-corrected chi connectivity index (χ1v) is 7.82. The molecule has 1 N–H and O–H groups in total. The molecule has 1 aromatic carbocycles. The average molecular weight is 285 g/mol. The zero-order valence-electron chi connectivity index (χ0n) is 14.0. The lowest BCUT2D eigenvalue weighted by atomic mass is 10.1. The molecular formula is C18H27N3. The Labute approximate surface area is 128 Å². The SMILES string of the molecule is CCCNCc1c(C)nn(Cc2ccc(C)c(C)c2)c1C. The Morgan fingerprint density at radius 1 is 1.10 bits per heavy atom. The Kier molecular flexibility index (Phi) is 5.18. The van der Waals surface area contributed by atoms with Crippen molar-refractivity contribution in [3.8, 4) is 0 Å². The van der Waals surface area contributed by atoms with E-state index in [1.54, 1.807) is 0 Å². The molecule has 114 valence electrons. The van der Waals surface area contributed by atoms with Crippen LogP contribution in [0.15, 0.2) is 18.2 Å². The first-order chi connectivity index (χ1) is 10.0. The number of rotatable bonds is 6. The zero-order chi connectivity index (χ0) is 15.4. The van der Waals surface area contributed by atoms with E-state index in [9.17, 15) is 0 Å². The van der Waals surface area contributed by atoms with Crippen LogP contribution < -0.4 is 5.32 Å². The van der Waals surface area contributed by atoms with E-state index in [0.717, 1.165) is 31.7 Å². The minimum absolute atomic E-state index is 0.849. The summed E-state index contributed by atoms with van der Waals surface area (Å²) in [5, 5.41) is 8.19. The summed E-state index contributed by atoms with van der Waals surface area (Å²) < 4.78 is 2.13. The molecule has 2 aromatic rings. The third-order valence-electron chi connectivity index (χ3n) is 4.16. The maximum Gasteiger partial charge on any atom is 0.0662 e. The first kappa shape index (κ1) is 15.8. The molecule has 1 aromatic heterocycles. The van der Waals surface area contributed by atoms with Crippen LogP contribution in [0.3, 0.4) is 0 Å². The molecule has 0 amide bonds. The lowest BCUT2D eigenvalue weighted by molar-refractivity contribution is 0.650. The monoisotopic (exact) mass is 285 g/mol. The van der Waals surface area contributed by atoms with Crippen molar-refractivity contribution in [2.24, 2.45) is 0 Å². The molecule has 3 nitrogen and oxygen atoms in total. The molecule has 21 heavy (non-hydrogen) atoms. The molecule has 0 aliphatic carbocycles. The fraction of sp³-hybridized carbons (Fsp3) is 0.500. The third kappa shape index (κ3) is 3.73. The predicted octanol–water partition coefficient (Wildman–Crippen LogP) is 3.66. The van der Waals surface area contributed by atoms with Gasteiger partial charge in [-0.25, -0.2) is 0 Å². The molecule has 0 radical (unpaired) electrons. The molecule has 0 bridgehead atoms. The van der Waals surface area contributed by atoms with Crippen LogP contribution in [-0.2, 0) is 13.1 Å². The first-order valence-electron chi connectivity index (χ1n) is 7.82. The fourth-order valence-electron chi connectivity index (χ4n) is 2.61. The molecule has 0 unspecified atom stereocenters. The number of hydrogen-bond donors (Lipinski definition) is 1. The number of aromatic nitrogens is 2. The van der Waals surface area contributed by atoms with Crippen LogP contribution in [0, 0.1) is 27.7 Å². The molecule has 0 fully saturated rings. The van der Waals surface area contributed by atoms with Gasteiger partial charge in [-0.1, -0.05) is 25.1 Å². The Morgan fingerprint density at radius 2 is 1.86 bits per heavy atom. The van der Waals surface area contributed by atoms with Crippen LogP contribution in [-0.4, -0.2) is 16.3 Å². The molecule has 0 saturated carbocycles. The molecule has 0 aliphatic heterocycles. The topological polar surface area (TPSA) is 29.9 Å². The highest BCUT2D eigenvalue weighted by Crippen LogP contribution is 2.16. The Balaban J connectivity index is 2.16. The second kappa shape index (κ2) is 6.90. The van der Waals surface area contributed by atoms with Crippen molar-refractivity contribution in [2.45, 2.75) is 54.1 Å². The molecule has 0 saturated heterocycles. The quantitative estimate of drug-likeness (QED) is 0.821. The summed E-state index contributed by atoms with van der Waals surface area (Å²) >= 11 is 0. The molecule has 2 rings (SSSR count). The zero-order valence-corrected chi connectivity index (χ0v) is 14.0. The van der Waals surface area contributed by atoms with E-state index in [4.69, 9.17) is 5.10 Å². The van der Waals surface area contributed by atoms with Crippen LogP contribution in [0.5, 0.6) is 0 Å². The average Bonchev–Trinajstić information content (AvgIpc) is 2.70. The van der Waals surface area contributed by atoms with Gasteiger partial charge in [0.2, 0.25) is 0 Å². The van der Waals surface area contributed by atoms with Crippen molar-refractivity contribution in [3.05, 3.63) is 51.8 Å².